The van der Waals surface area contributed by atoms with E-state index in [0.717, 1.165) is 43.1 Å². The van der Waals surface area contributed by atoms with Gasteiger partial charge in [0.2, 0.25) is 0 Å². The van der Waals surface area contributed by atoms with Crippen LogP contribution in [0.4, 0.5) is 0 Å². The van der Waals surface area contributed by atoms with Crippen LogP contribution < -0.4 is 0 Å². The van der Waals surface area contributed by atoms with Gasteiger partial charge in [0.15, 0.2) is 6.29 Å². The lowest BCUT2D eigenvalue weighted by Crippen LogP contribution is -2.54. The molecule has 0 bridgehead atoms. The van der Waals surface area contributed by atoms with Gasteiger partial charge in [-0.2, -0.15) is 0 Å². The van der Waals surface area contributed by atoms with Gasteiger partial charge in [0.05, 0.1) is 12.2 Å². The van der Waals surface area contributed by atoms with Gasteiger partial charge in [0.1, 0.15) is 0 Å². The highest BCUT2D eigenvalue weighted by Gasteiger charge is 2.60. The second-order valence-corrected chi connectivity index (χ2v) is 11.1. The van der Waals surface area contributed by atoms with Crippen molar-refractivity contribution in [1.29, 1.82) is 0 Å². The molecule has 0 unspecified atom stereocenters. The zero-order valence-electron chi connectivity index (χ0n) is 17.5. The molecule has 3 nitrogen and oxygen atoms in total. The van der Waals surface area contributed by atoms with Crippen molar-refractivity contribution in [3.05, 3.63) is 0 Å². The lowest BCUT2D eigenvalue weighted by atomic mass is 9.45. The summed E-state index contributed by atoms with van der Waals surface area (Å²) in [6, 6.07) is 0. The minimum Gasteiger partial charge on any atom is -0.393 e. The van der Waals surface area contributed by atoms with Gasteiger partial charge in [-0.1, -0.05) is 13.8 Å². The number of ether oxygens (including phenoxy) is 2. The highest BCUT2D eigenvalue weighted by atomic mass is 16.7. The minimum atomic E-state index is -0.0476. The first-order chi connectivity index (χ1) is 13.0. The van der Waals surface area contributed by atoms with Crippen LogP contribution >= 0.6 is 0 Å². The first-order valence-corrected chi connectivity index (χ1v) is 12.0. The fourth-order valence-corrected chi connectivity index (χ4v) is 8.35. The Kier molecular flexibility index (Phi) is 4.89. The van der Waals surface area contributed by atoms with E-state index < -0.39 is 0 Å². The third-order valence-electron chi connectivity index (χ3n) is 10.0. The third kappa shape index (κ3) is 3.02. The van der Waals surface area contributed by atoms with Crippen LogP contribution in [0, 0.1) is 34.5 Å². The molecule has 1 saturated heterocycles. The molecule has 1 heterocycles. The molecular weight excluding hydrogens is 336 g/mol. The van der Waals surface area contributed by atoms with Crippen molar-refractivity contribution in [2.45, 2.75) is 109 Å². The summed E-state index contributed by atoms with van der Waals surface area (Å²) < 4.78 is 12.3. The molecule has 1 aliphatic heterocycles. The summed E-state index contributed by atoms with van der Waals surface area (Å²) in [6.07, 6.45) is 15.5. The average molecular weight is 377 g/mol. The van der Waals surface area contributed by atoms with Crippen LogP contribution in [0.25, 0.3) is 0 Å². The Labute approximate surface area is 165 Å². The van der Waals surface area contributed by atoms with Crippen molar-refractivity contribution in [1.82, 2.24) is 0 Å². The van der Waals surface area contributed by atoms with E-state index in [4.69, 9.17) is 9.47 Å². The van der Waals surface area contributed by atoms with Crippen LogP contribution in [0.15, 0.2) is 0 Å². The maximum Gasteiger partial charge on any atom is 0.157 e. The van der Waals surface area contributed by atoms with E-state index >= 15 is 0 Å². The normalized spacial score (nSPS) is 55.4. The predicted octanol–water partition coefficient (Wildman–Crippen LogP) is 5.30. The predicted molar refractivity (Wildman–Crippen MR) is 106 cm³/mol. The molecule has 0 aromatic rings. The summed E-state index contributed by atoms with van der Waals surface area (Å²) in [4.78, 5) is 0. The molecule has 0 aromatic heterocycles. The summed E-state index contributed by atoms with van der Waals surface area (Å²) in [6.45, 7) is 5.90. The van der Waals surface area contributed by atoms with Gasteiger partial charge in [-0.05, 0) is 112 Å². The molecule has 3 heteroatoms. The number of hydrogen-bond acceptors (Lipinski definition) is 3. The second kappa shape index (κ2) is 6.99. The van der Waals surface area contributed by atoms with Gasteiger partial charge >= 0.3 is 0 Å². The summed E-state index contributed by atoms with van der Waals surface area (Å²) in [7, 11) is 0. The highest BCUT2D eigenvalue weighted by Crippen LogP contribution is 2.66. The summed E-state index contributed by atoms with van der Waals surface area (Å²) in [5.41, 5.74) is 0.716. The van der Waals surface area contributed by atoms with Crippen LogP contribution in [0.2, 0.25) is 0 Å². The standard InChI is InChI=1S/C24H40O3/c1-23-12-10-17(27-22-5-3-4-14-26-22)15-16(23)6-7-18-19-8-9-21(25)24(19,2)13-11-20(18)23/h16-22,25H,3-15H2,1-2H3/t16-,17-,18-,19-,20-,21+,22-,23+,24+/m1/s1. The number of rotatable bonds is 2. The molecule has 0 radical (unpaired) electrons. The van der Waals surface area contributed by atoms with E-state index in [-0.39, 0.29) is 17.8 Å². The molecule has 0 amide bonds. The highest BCUT2D eigenvalue weighted by molar-refractivity contribution is 5.09. The minimum absolute atomic E-state index is 0.0476. The van der Waals surface area contributed by atoms with E-state index in [2.05, 4.69) is 13.8 Å². The Bertz CT molecular complexity index is 544. The first kappa shape index (κ1) is 18.9. The van der Waals surface area contributed by atoms with Crippen molar-refractivity contribution < 1.29 is 14.6 Å². The van der Waals surface area contributed by atoms with Crippen LogP contribution in [0.3, 0.4) is 0 Å². The van der Waals surface area contributed by atoms with Gasteiger partial charge in [-0.15, -0.1) is 0 Å². The summed E-state index contributed by atoms with van der Waals surface area (Å²) in [5, 5.41) is 10.6. The van der Waals surface area contributed by atoms with Crippen LogP contribution in [-0.4, -0.2) is 30.2 Å². The van der Waals surface area contributed by atoms with Crippen molar-refractivity contribution in [3.8, 4) is 0 Å². The Hall–Kier alpha value is -0.120. The smallest absolute Gasteiger partial charge is 0.157 e. The van der Waals surface area contributed by atoms with Crippen molar-refractivity contribution in [2.24, 2.45) is 34.5 Å². The molecule has 9 atom stereocenters. The molecule has 4 saturated carbocycles. The average Bonchev–Trinajstić information content (AvgIpc) is 2.98. The quantitative estimate of drug-likeness (QED) is 0.665. The zero-order chi connectivity index (χ0) is 18.6. The summed E-state index contributed by atoms with van der Waals surface area (Å²) in [5.74, 6) is 3.35. The Balaban J connectivity index is 1.27. The Morgan fingerprint density at radius 1 is 0.852 bits per heavy atom. The van der Waals surface area contributed by atoms with Gasteiger partial charge < -0.3 is 14.6 Å². The van der Waals surface area contributed by atoms with Gasteiger partial charge in [0.25, 0.3) is 0 Å². The Morgan fingerprint density at radius 2 is 1.67 bits per heavy atom. The zero-order valence-corrected chi connectivity index (χ0v) is 17.5. The van der Waals surface area contributed by atoms with Crippen LogP contribution in [0.1, 0.15) is 90.9 Å². The lowest BCUT2D eigenvalue weighted by molar-refractivity contribution is -0.212. The second-order valence-electron chi connectivity index (χ2n) is 11.1. The number of fused-ring (bicyclic) bond motifs is 5. The monoisotopic (exact) mass is 376 g/mol. The Morgan fingerprint density at radius 3 is 2.48 bits per heavy atom. The van der Waals surface area contributed by atoms with Crippen molar-refractivity contribution >= 4 is 0 Å². The van der Waals surface area contributed by atoms with E-state index in [1.165, 1.54) is 64.2 Å². The maximum atomic E-state index is 10.6. The van der Waals surface area contributed by atoms with E-state index in [9.17, 15) is 5.11 Å². The van der Waals surface area contributed by atoms with E-state index in [0.29, 0.717) is 11.5 Å². The molecular formula is C24H40O3. The fourth-order valence-electron chi connectivity index (χ4n) is 8.35. The fraction of sp³-hybridized carbons (Fsp3) is 1.00. The molecule has 0 spiro atoms. The van der Waals surface area contributed by atoms with E-state index in [1.807, 2.05) is 0 Å². The number of aliphatic hydroxyl groups is 1. The van der Waals surface area contributed by atoms with Crippen molar-refractivity contribution in [3.63, 3.8) is 0 Å². The number of aliphatic hydroxyl groups excluding tert-OH is 1. The molecule has 5 fully saturated rings. The summed E-state index contributed by atoms with van der Waals surface area (Å²) >= 11 is 0. The van der Waals surface area contributed by atoms with Gasteiger partial charge in [-0.3, -0.25) is 0 Å². The molecule has 27 heavy (non-hydrogen) atoms. The topological polar surface area (TPSA) is 38.7 Å². The van der Waals surface area contributed by atoms with E-state index in [1.54, 1.807) is 0 Å². The molecule has 4 aliphatic carbocycles. The van der Waals surface area contributed by atoms with Crippen molar-refractivity contribution in [2.75, 3.05) is 6.61 Å². The van der Waals surface area contributed by atoms with Gasteiger partial charge in [-0.25, -0.2) is 0 Å². The van der Waals surface area contributed by atoms with Crippen LogP contribution in [0.5, 0.6) is 0 Å². The first-order valence-electron chi connectivity index (χ1n) is 12.0. The number of hydrogen-bond donors (Lipinski definition) is 1. The SMILES string of the molecule is C[C@]12CC[C@@H](O[C@@H]3CCCCO3)C[C@H]1CC[C@H]1[C@H]2CC[C@@]2(C)[C@@H]1CC[C@@H]2O. The molecule has 0 aromatic carbocycles. The lowest BCUT2D eigenvalue weighted by Gasteiger charge is -2.61. The van der Waals surface area contributed by atoms with Crippen LogP contribution in [-0.2, 0) is 9.47 Å². The molecule has 1 N–H and O–H groups in total. The molecule has 5 aliphatic rings. The molecule has 5 rings (SSSR count). The molecule has 154 valence electrons. The largest absolute Gasteiger partial charge is 0.393 e. The maximum absolute atomic E-state index is 10.6. The third-order valence-corrected chi connectivity index (χ3v) is 10.0. The van der Waals surface area contributed by atoms with Gasteiger partial charge in [0, 0.05) is 6.61 Å².